The Morgan fingerprint density at radius 2 is 1.86 bits per heavy atom. The first-order chi connectivity index (χ1) is 13.6. The maximum Gasteiger partial charge on any atom is 0.257 e. The van der Waals surface area contributed by atoms with Crippen LogP contribution in [0.3, 0.4) is 0 Å². The van der Waals surface area contributed by atoms with Gasteiger partial charge in [-0.25, -0.2) is 9.37 Å². The Labute approximate surface area is 166 Å². The zero-order valence-electron chi connectivity index (χ0n) is 15.6. The maximum atomic E-state index is 13.4. The molecular weight excluding hydrogens is 381 g/mol. The summed E-state index contributed by atoms with van der Waals surface area (Å²) in [7, 11) is 3.12. The van der Waals surface area contributed by atoms with Crippen LogP contribution in [-0.2, 0) is 0 Å². The minimum Gasteiger partial charge on any atom is -0.497 e. The zero-order chi connectivity index (χ0) is 19.7. The molecule has 146 valence electrons. The molecular formula is C20H20FN3O3S. The van der Waals surface area contributed by atoms with Gasteiger partial charge in [-0.3, -0.25) is 4.79 Å². The SMILES string of the molecule is COc1ccc(OC)c(C(=O)N2CCN(c3nc4ccc(F)cc4s3)CC2)c1. The normalized spacial score (nSPS) is 14.4. The van der Waals surface area contributed by atoms with Crippen molar-refractivity contribution < 1.29 is 18.7 Å². The number of halogens is 1. The fourth-order valence-corrected chi connectivity index (χ4v) is 4.32. The molecule has 0 aliphatic carbocycles. The van der Waals surface area contributed by atoms with Gasteiger partial charge in [0.25, 0.3) is 5.91 Å². The minimum atomic E-state index is -0.259. The number of methoxy groups -OCH3 is 2. The Hall–Kier alpha value is -2.87. The first-order valence-electron chi connectivity index (χ1n) is 8.91. The van der Waals surface area contributed by atoms with Gasteiger partial charge in [-0.2, -0.15) is 0 Å². The van der Waals surface area contributed by atoms with Crippen LogP contribution in [0.5, 0.6) is 11.5 Å². The van der Waals surface area contributed by atoms with E-state index in [-0.39, 0.29) is 11.7 Å². The number of hydrogen-bond acceptors (Lipinski definition) is 6. The second-order valence-corrected chi connectivity index (χ2v) is 7.46. The minimum absolute atomic E-state index is 0.0817. The van der Waals surface area contributed by atoms with Crippen molar-refractivity contribution in [1.82, 2.24) is 9.88 Å². The maximum absolute atomic E-state index is 13.4. The van der Waals surface area contributed by atoms with Crippen LogP contribution in [0.1, 0.15) is 10.4 Å². The number of carbonyl (C=O) groups is 1. The van der Waals surface area contributed by atoms with Gasteiger partial charge in [0.1, 0.15) is 17.3 Å². The van der Waals surface area contributed by atoms with Crippen molar-refractivity contribution in [3.8, 4) is 11.5 Å². The van der Waals surface area contributed by atoms with Crippen LogP contribution in [-0.4, -0.2) is 56.2 Å². The van der Waals surface area contributed by atoms with E-state index in [4.69, 9.17) is 9.47 Å². The first kappa shape index (κ1) is 18.5. The van der Waals surface area contributed by atoms with Gasteiger partial charge in [-0.05, 0) is 36.4 Å². The Bertz CT molecular complexity index is 1020. The molecule has 6 nitrogen and oxygen atoms in total. The molecule has 2 aromatic carbocycles. The summed E-state index contributed by atoms with van der Waals surface area (Å²) in [6.45, 7) is 2.48. The number of fused-ring (bicyclic) bond motifs is 1. The quantitative estimate of drug-likeness (QED) is 0.671. The van der Waals surface area contributed by atoms with E-state index in [2.05, 4.69) is 9.88 Å². The summed E-state index contributed by atoms with van der Waals surface area (Å²) in [4.78, 5) is 21.5. The van der Waals surface area contributed by atoms with Crippen molar-refractivity contribution in [3.05, 3.63) is 47.8 Å². The molecule has 28 heavy (non-hydrogen) atoms. The predicted molar refractivity (Wildman–Crippen MR) is 107 cm³/mol. The number of hydrogen-bond donors (Lipinski definition) is 0. The third kappa shape index (κ3) is 3.47. The van der Waals surface area contributed by atoms with Crippen molar-refractivity contribution in [2.24, 2.45) is 0 Å². The summed E-state index contributed by atoms with van der Waals surface area (Å²) >= 11 is 1.47. The largest absolute Gasteiger partial charge is 0.497 e. The van der Waals surface area contributed by atoms with Crippen LogP contribution in [0, 0.1) is 5.82 Å². The van der Waals surface area contributed by atoms with E-state index in [1.54, 1.807) is 43.4 Å². The third-order valence-electron chi connectivity index (χ3n) is 4.81. The van der Waals surface area contributed by atoms with Gasteiger partial charge in [0.15, 0.2) is 5.13 Å². The molecule has 0 unspecified atom stereocenters. The summed E-state index contributed by atoms with van der Waals surface area (Å²) < 4.78 is 24.8. The topological polar surface area (TPSA) is 54.9 Å². The van der Waals surface area contributed by atoms with E-state index in [0.717, 1.165) is 15.3 Å². The molecule has 3 aromatic rings. The molecule has 0 saturated carbocycles. The van der Waals surface area contributed by atoms with E-state index in [0.29, 0.717) is 43.2 Å². The lowest BCUT2D eigenvalue weighted by Gasteiger charge is -2.34. The highest BCUT2D eigenvalue weighted by molar-refractivity contribution is 7.22. The number of benzene rings is 2. The van der Waals surface area contributed by atoms with Gasteiger partial charge >= 0.3 is 0 Å². The van der Waals surface area contributed by atoms with Crippen LogP contribution in [0.2, 0.25) is 0 Å². The van der Waals surface area contributed by atoms with Gasteiger partial charge in [0, 0.05) is 26.2 Å². The highest BCUT2D eigenvalue weighted by Gasteiger charge is 2.26. The summed E-state index contributed by atoms with van der Waals surface area (Å²) in [5.74, 6) is 0.804. The summed E-state index contributed by atoms with van der Waals surface area (Å²) in [6.07, 6.45) is 0. The molecule has 0 N–H and O–H groups in total. The van der Waals surface area contributed by atoms with Crippen molar-refractivity contribution in [1.29, 1.82) is 0 Å². The molecule has 0 bridgehead atoms. The predicted octanol–water partition coefficient (Wildman–Crippen LogP) is 3.42. The van der Waals surface area contributed by atoms with Gasteiger partial charge < -0.3 is 19.3 Å². The lowest BCUT2D eigenvalue weighted by molar-refractivity contribution is 0.0743. The standard InChI is InChI=1S/C20H20FN3O3S/c1-26-14-4-6-17(27-2)15(12-14)19(25)23-7-9-24(10-8-23)20-22-16-5-3-13(21)11-18(16)28-20/h3-6,11-12H,7-10H2,1-2H3. The lowest BCUT2D eigenvalue weighted by Crippen LogP contribution is -2.48. The van der Waals surface area contributed by atoms with E-state index in [9.17, 15) is 9.18 Å². The Morgan fingerprint density at radius 3 is 2.57 bits per heavy atom. The molecule has 0 radical (unpaired) electrons. The van der Waals surface area contributed by atoms with E-state index in [1.165, 1.54) is 23.5 Å². The molecule has 1 fully saturated rings. The molecule has 2 heterocycles. The molecule has 4 rings (SSSR count). The number of ether oxygens (including phenoxy) is 2. The first-order valence-corrected chi connectivity index (χ1v) is 9.73. The molecule has 1 aliphatic heterocycles. The lowest BCUT2D eigenvalue weighted by atomic mass is 10.1. The number of nitrogens with zero attached hydrogens (tertiary/aromatic N) is 3. The Balaban J connectivity index is 1.48. The number of rotatable bonds is 4. The van der Waals surface area contributed by atoms with Crippen LogP contribution in [0.25, 0.3) is 10.2 Å². The average Bonchev–Trinajstić information content (AvgIpc) is 3.16. The zero-order valence-corrected chi connectivity index (χ0v) is 16.5. The summed E-state index contributed by atoms with van der Waals surface area (Å²) in [6, 6.07) is 9.83. The molecule has 1 aliphatic rings. The van der Waals surface area contributed by atoms with Crippen LogP contribution < -0.4 is 14.4 Å². The molecule has 8 heteroatoms. The fraction of sp³-hybridized carbons (Fsp3) is 0.300. The number of aromatic nitrogens is 1. The summed E-state index contributed by atoms with van der Waals surface area (Å²) in [5, 5.41) is 0.853. The van der Waals surface area contributed by atoms with Gasteiger partial charge in [-0.15, -0.1) is 0 Å². The number of carbonyl (C=O) groups excluding carboxylic acids is 1. The highest BCUT2D eigenvalue weighted by atomic mass is 32.1. The Morgan fingerprint density at radius 1 is 1.07 bits per heavy atom. The molecule has 1 saturated heterocycles. The van der Waals surface area contributed by atoms with Crippen LogP contribution in [0.15, 0.2) is 36.4 Å². The van der Waals surface area contributed by atoms with Gasteiger partial charge in [0.05, 0.1) is 30.0 Å². The van der Waals surface area contributed by atoms with Crippen molar-refractivity contribution in [3.63, 3.8) is 0 Å². The van der Waals surface area contributed by atoms with Crippen LogP contribution >= 0.6 is 11.3 Å². The second kappa shape index (κ2) is 7.63. The second-order valence-electron chi connectivity index (χ2n) is 6.45. The number of anilines is 1. The highest BCUT2D eigenvalue weighted by Crippen LogP contribution is 2.31. The monoisotopic (exact) mass is 401 g/mol. The summed E-state index contributed by atoms with van der Waals surface area (Å²) in [5.41, 5.74) is 1.28. The third-order valence-corrected chi connectivity index (χ3v) is 5.89. The smallest absolute Gasteiger partial charge is 0.257 e. The van der Waals surface area contributed by atoms with Crippen LogP contribution in [0.4, 0.5) is 9.52 Å². The van der Waals surface area contributed by atoms with Gasteiger partial charge in [-0.1, -0.05) is 11.3 Å². The van der Waals surface area contributed by atoms with Crippen molar-refractivity contribution in [2.75, 3.05) is 45.3 Å². The molecule has 1 amide bonds. The van der Waals surface area contributed by atoms with Gasteiger partial charge in [0.2, 0.25) is 0 Å². The molecule has 0 spiro atoms. The molecule has 1 aromatic heterocycles. The average molecular weight is 401 g/mol. The van der Waals surface area contributed by atoms with E-state index < -0.39 is 0 Å². The number of amides is 1. The van der Waals surface area contributed by atoms with Crippen molar-refractivity contribution >= 4 is 32.6 Å². The van der Waals surface area contributed by atoms with Crippen molar-refractivity contribution in [2.45, 2.75) is 0 Å². The van der Waals surface area contributed by atoms with E-state index >= 15 is 0 Å². The number of piperazine rings is 1. The Kier molecular flexibility index (Phi) is 5.04. The molecule has 0 atom stereocenters. The van der Waals surface area contributed by atoms with E-state index in [1.807, 2.05) is 0 Å². The fourth-order valence-electron chi connectivity index (χ4n) is 3.27. The number of thiazole rings is 1.